The highest BCUT2D eigenvalue weighted by atomic mass is 32.2. The minimum atomic E-state index is -1.12. The summed E-state index contributed by atoms with van der Waals surface area (Å²) in [5, 5.41) is 13.5. The van der Waals surface area contributed by atoms with Gasteiger partial charge in [-0.05, 0) is 5.56 Å². The van der Waals surface area contributed by atoms with E-state index in [0.29, 0.717) is 11.5 Å². The Morgan fingerprint density at radius 1 is 1.23 bits per heavy atom. The Morgan fingerprint density at radius 2 is 1.91 bits per heavy atom. The van der Waals surface area contributed by atoms with Crippen molar-refractivity contribution < 1.29 is 19.5 Å². The van der Waals surface area contributed by atoms with Crippen LogP contribution in [0.1, 0.15) is 18.9 Å². The monoisotopic (exact) mass is 324 g/mol. The first-order valence-corrected chi connectivity index (χ1v) is 8.09. The first kappa shape index (κ1) is 18.0. The van der Waals surface area contributed by atoms with E-state index in [1.54, 1.807) is 6.92 Å². The maximum absolute atomic E-state index is 11.9. The van der Waals surface area contributed by atoms with E-state index in [-0.39, 0.29) is 12.3 Å². The minimum Gasteiger partial charge on any atom is -0.480 e. The van der Waals surface area contributed by atoms with Gasteiger partial charge in [0.1, 0.15) is 12.6 Å². The maximum Gasteiger partial charge on any atom is 0.322 e. The van der Waals surface area contributed by atoms with E-state index in [1.165, 1.54) is 11.8 Å². The third kappa shape index (κ3) is 7.12. The number of aliphatic carboxylic acids is 1. The molecule has 0 aliphatic heterocycles. The molecule has 22 heavy (non-hydrogen) atoms. The summed E-state index contributed by atoms with van der Waals surface area (Å²) in [7, 11) is 0. The van der Waals surface area contributed by atoms with Crippen molar-refractivity contribution in [2.45, 2.75) is 25.1 Å². The molecule has 0 aliphatic carbocycles. The van der Waals surface area contributed by atoms with Gasteiger partial charge in [-0.2, -0.15) is 11.8 Å². The molecule has 0 radical (unpaired) electrons. The summed E-state index contributed by atoms with van der Waals surface area (Å²) in [5.41, 5.74) is 1.12. The number of hydrogen-bond donors (Lipinski definition) is 3. The first-order valence-electron chi connectivity index (χ1n) is 6.93. The van der Waals surface area contributed by atoms with E-state index < -0.39 is 24.5 Å². The Hall–Kier alpha value is -2.02. The van der Waals surface area contributed by atoms with Gasteiger partial charge >= 0.3 is 5.97 Å². The van der Waals surface area contributed by atoms with Crippen LogP contribution in [0.15, 0.2) is 30.3 Å². The third-order valence-electron chi connectivity index (χ3n) is 2.78. The van der Waals surface area contributed by atoms with Crippen LogP contribution in [-0.2, 0) is 20.1 Å². The number of hydrogen-bond acceptors (Lipinski definition) is 4. The van der Waals surface area contributed by atoms with Crippen molar-refractivity contribution in [1.29, 1.82) is 0 Å². The highest BCUT2D eigenvalue weighted by Crippen LogP contribution is 2.13. The van der Waals surface area contributed by atoms with Gasteiger partial charge in [-0.3, -0.25) is 14.4 Å². The molecule has 3 N–H and O–H groups in total. The molecular formula is C15H20N2O4S. The molecule has 6 nitrogen and oxygen atoms in total. The normalized spacial score (nSPS) is 11.5. The minimum absolute atomic E-state index is 0.240. The molecule has 7 heteroatoms. The second-order valence-corrected chi connectivity index (χ2v) is 5.62. The van der Waals surface area contributed by atoms with E-state index in [0.717, 1.165) is 5.56 Å². The van der Waals surface area contributed by atoms with Gasteiger partial charge in [-0.1, -0.05) is 37.3 Å². The maximum atomic E-state index is 11.9. The van der Waals surface area contributed by atoms with E-state index in [4.69, 9.17) is 5.11 Å². The molecule has 120 valence electrons. The molecule has 0 saturated heterocycles. The molecule has 2 amide bonds. The Bertz CT molecular complexity index is 508. The van der Waals surface area contributed by atoms with Crippen molar-refractivity contribution in [3.63, 3.8) is 0 Å². The van der Waals surface area contributed by atoms with Crippen molar-refractivity contribution in [3.05, 3.63) is 35.9 Å². The Kier molecular flexibility index (Phi) is 8.06. The summed E-state index contributed by atoms with van der Waals surface area (Å²) in [6, 6.07) is 9.03. The Labute approximate surface area is 133 Å². The van der Waals surface area contributed by atoms with Gasteiger partial charge in [0.05, 0.1) is 0 Å². The lowest BCUT2D eigenvalue weighted by atomic mass is 10.2. The predicted octanol–water partition coefficient (Wildman–Crippen LogP) is 1.02. The summed E-state index contributed by atoms with van der Waals surface area (Å²) in [5.74, 6) is -0.746. The van der Waals surface area contributed by atoms with Gasteiger partial charge in [0.15, 0.2) is 0 Å². The number of rotatable bonds is 9. The van der Waals surface area contributed by atoms with E-state index >= 15 is 0 Å². The summed E-state index contributed by atoms with van der Waals surface area (Å²) in [4.78, 5) is 33.9. The number of benzene rings is 1. The number of carbonyl (C=O) groups is 3. The second-order valence-electron chi connectivity index (χ2n) is 4.59. The van der Waals surface area contributed by atoms with Crippen LogP contribution >= 0.6 is 11.8 Å². The molecular weight excluding hydrogens is 304 g/mol. The SMILES string of the molecule is CCC(=O)N[C@@H](CSCc1ccccc1)C(=O)NCC(=O)O. The molecule has 0 heterocycles. The zero-order chi connectivity index (χ0) is 16.4. The van der Waals surface area contributed by atoms with Crippen LogP contribution < -0.4 is 10.6 Å². The van der Waals surface area contributed by atoms with Crippen LogP contribution in [0.25, 0.3) is 0 Å². The topological polar surface area (TPSA) is 95.5 Å². The van der Waals surface area contributed by atoms with Gasteiger partial charge in [0.2, 0.25) is 11.8 Å². The molecule has 0 bridgehead atoms. The molecule has 0 saturated carbocycles. The molecule has 1 rings (SSSR count). The molecule has 0 aliphatic rings. The van der Waals surface area contributed by atoms with Crippen molar-refractivity contribution in [2.75, 3.05) is 12.3 Å². The van der Waals surface area contributed by atoms with E-state index in [9.17, 15) is 14.4 Å². The number of thioether (sulfide) groups is 1. The van der Waals surface area contributed by atoms with Gasteiger partial charge in [0.25, 0.3) is 0 Å². The average Bonchev–Trinajstić information content (AvgIpc) is 2.52. The van der Waals surface area contributed by atoms with Crippen molar-refractivity contribution in [3.8, 4) is 0 Å². The second kappa shape index (κ2) is 9.83. The third-order valence-corrected chi connectivity index (χ3v) is 3.89. The van der Waals surface area contributed by atoms with Crippen LogP contribution in [0.5, 0.6) is 0 Å². The highest BCUT2D eigenvalue weighted by Gasteiger charge is 2.20. The standard InChI is InChI=1S/C15H20N2O4S/c1-2-13(18)17-12(15(21)16-8-14(19)20)10-22-9-11-6-4-3-5-7-11/h3-7,12H,2,8-10H2,1H3,(H,16,21)(H,17,18)(H,19,20)/t12-/m0/s1. The molecule has 0 unspecified atom stereocenters. The Morgan fingerprint density at radius 3 is 2.50 bits per heavy atom. The molecule has 1 atom stereocenters. The highest BCUT2D eigenvalue weighted by molar-refractivity contribution is 7.98. The van der Waals surface area contributed by atoms with Gasteiger partial charge in [-0.25, -0.2) is 0 Å². The van der Waals surface area contributed by atoms with Gasteiger partial charge < -0.3 is 15.7 Å². The molecule has 1 aromatic rings. The number of carboxylic acid groups (broad SMARTS) is 1. The molecule has 0 fully saturated rings. The summed E-state index contributed by atoms with van der Waals surface area (Å²) >= 11 is 1.51. The van der Waals surface area contributed by atoms with Crippen molar-refractivity contribution in [2.24, 2.45) is 0 Å². The molecule has 1 aromatic carbocycles. The summed E-state index contributed by atoms with van der Waals surface area (Å²) < 4.78 is 0. The molecule has 0 spiro atoms. The lowest BCUT2D eigenvalue weighted by Crippen LogP contribution is -2.49. The van der Waals surface area contributed by atoms with Gasteiger partial charge in [-0.15, -0.1) is 0 Å². The zero-order valence-corrected chi connectivity index (χ0v) is 13.2. The van der Waals surface area contributed by atoms with Crippen LogP contribution in [0.4, 0.5) is 0 Å². The quantitative estimate of drug-likeness (QED) is 0.630. The van der Waals surface area contributed by atoms with Crippen LogP contribution in [0.3, 0.4) is 0 Å². The predicted molar refractivity (Wildman–Crippen MR) is 85.5 cm³/mol. The van der Waals surface area contributed by atoms with Crippen molar-refractivity contribution >= 4 is 29.5 Å². The van der Waals surface area contributed by atoms with Crippen LogP contribution in [0.2, 0.25) is 0 Å². The lowest BCUT2D eigenvalue weighted by molar-refractivity contribution is -0.138. The number of carbonyl (C=O) groups excluding carboxylic acids is 2. The summed E-state index contributed by atoms with van der Waals surface area (Å²) in [6.07, 6.45) is 0.270. The number of carboxylic acids is 1. The van der Waals surface area contributed by atoms with E-state index in [1.807, 2.05) is 30.3 Å². The average molecular weight is 324 g/mol. The molecule has 0 aromatic heterocycles. The number of amides is 2. The van der Waals surface area contributed by atoms with Crippen molar-refractivity contribution in [1.82, 2.24) is 10.6 Å². The fourth-order valence-corrected chi connectivity index (χ4v) is 2.65. The smallest absolute Gasteiger partial charge is 0.322 e. The fraction of sp³-hybridized carbons (Fsp3) is 0.400. The van der Waals surface area contributed by atoms with Gasteiger partial charge in [0, 0.05) is 17.9 Å². The Balaban J connectivity index is 2.51. The first-order chi connectivity index (χ1) is 10.5. The van der Waals surface area contributed by atoms with E-state index in [2.05, 4.69) is 10.6 Å². The van der Waals surface area contributed by atoms with Crippen LogP contribution in [-0.4, -0.2) is 41.2 Å². The summed E-state index contributed by atoms with van der Waals surface area (Å²) in [6.45, 7) is 1.24. The fourth-order valence-electron chi connectivity index (χ4n) is 1.63. The lowest BCUT2D eigenvalue weighted by Gasteiger charge is -2.17. The zero-order valence-electron chi connectivity index (χ0n) is 12.4. The van der Waals surface area contributed by atoms with Crippen LogP contribution in [0, 0.1) is 0 Å². The largest absolute Gasteiger partial charge is 0.480 e. The number of nitrogens with one attached hydrogen (secondary N) is 2.